The fourth-order valence-electron chi connectivity index (χ4n) is 3.52. The Kier molecular flexibility index (Phi) is 9.18. The highest BCUT2D eigenvalue weighted by molar-refractivity contribution is 7.99. The third kappa shape index (κ3) is 6.51. The van der Waals surface area contributed by atoms with Gasteiger partial charge in [-0.15, -0.1) is 10.2 Å². The van der Waals surface area contributed by atoms with Gasteiger partial charge in [0, 0.05) is 37.9 Å². The highest BCUT2D eigenvalue weighted by atomic mass is 32.2. The average Bonchev–Trinajstić information content (AvgIpc) is 3.28. The van der Waals surface area contributed by atoms with Crippen molar-refractivity contribution < 1.29 is 14.3 Å². The van der Waals surface area contributed by atoms with E-state index in [0.29, 0.717) is 24.5 Å². The minimum Gasteiger partial charge on any atom is -0.493 e. The van der Waals surface area contributed by atoms with Gasteiger partial charge in [-0.2, -0.15) is 0 Å². The Morgan fingerprint density at radius 2 is 1.82 bits per heavy atom. The first-order chi connectivity index (χ1) is 16.1. The topological polar surface area (TPSA) is 69.5 Å². The fraction of sp³-hybridized carbons (Fsp3) is 0.400. The van der Waals surface area contributed by atoms with Crippen LogP contribution < -0.4 is 9.47 Å². The molecule has 1 aromatic heterocycles. The highest BCUT2D eigenvalue weighted by Gasteiger charge is 2.14. The summed E-state index contributed by atoms with van der Waals surface area (Å²) in [6.45, 7) is 3.56. The molecule has 7 nitrogen and oxygen atoms in total. The van der Waals surface area contributed by atoms with E-state index < -0.39 is 0 Å². The average molecular weight is 469 g/mol. The monoisotopic (exact) mass is 468 g/mol. The summed E-state index contributed by atoms with van der Waals surface area (Å²) in [7, 11) is 5.10. The van der Waals surface area contributed by atoms with E-state index in [4.69, 9.17) is 9.47 Å². The molecule has 0 bridgehead atoms. The zero-order valence-electron chi connectivity index (χ0n) is 19.8. The van der Waals surface area contributed by atoms with Gasteiger partial charge in [0.25, 0.3) is 0 Å². The van der Waals surface area contributed by atoms with Crippen LogP contribution in [0.15, 0.2) is 53.7 Å². The maximum atomic E-state index is 12.6. The summed E-state index contributed by atoms with van der Waals surface area (Å²) in [5, 5.41) is 9.64. The number of rotatable bonds is 12. The molecule has 0 radical (unpaired) electrons. The molecule has 33 heavy (non-hydrogen) atoms. The minimum atomic E-state index is 0.151. The molecule has 0 aliphatic heterocycles. The largest absolute Gasteiger partial charge is 0.493 e. The van der Waals surface area contributed by atoms with Crippen molar-refractivity contribution >= 4 is 17.7 Å². The van der Waals surface area contributed by atoms with E-state index in [0.717, 1.165) is 47.2 Å². The second kappa shape index (κ2) is 12.3. The third-order valence-corrected chi connectivity index (χ3v) is 6.49. The molecule has 0 atom stereocenters. The van der Waals surface area contributed by atoms with E-state index in [1.54, 1.807) is 30.9 Å². The van der Waals surface area contributed by atoms with Gasteiger partial charge in [-0.3, -0.25) is 4.79 Å². The number of carbonyl (C=O) groups excluding carboxylic acids is 1. The Balaban J connectivity index is 1.44. The lowest BCUT2D eigenvalue weighted by Gasteiger charge is -2.17. The van der Waals surface area contributed by atoms with Crippen LogP contribution in [0.5, 0.6) is 11.5 Å². The van der Waals surface area contributed by atoms with E-state index in [-0.39, 0.29) is 5.91 Å². The van der Waals surface area contributed by atoms with E-state index >= 15 is 0 Å². The second-order valence-corrected chi connectivity index (χ2v) is 8.69. The van der Waals surface area contributed by atoms with Gasteiger partial charge in [0.1, 0.15) is 0 Å². The van der Waals surface area contributed by atoms with Crippen LogP contribution in [-0.4, -0.2) is 59.1 Å². The molecule has 0 N–H and O–H groups in total. The predicted molar refractivity (Wildman–Crippen MR) is 132 cm³/mol. The number of thioether (sulfide) groups is 1. The van der Waals surface area contributed by atoms with Gasteiger partial charge in [-0.05, 0) is 37.5 Å². The van der Waals surface area contributed by atoms with Crippen molar-refractivity contribution in [3.05, 3.63) is 54.1 Å². The molecule has 3 aromatic rings. The maximum Gasteiger partial charge on any atom is 0.222 e. The molecule has 0 aliphatic carbocycles. The molecular weight excluding hydrogens is 436 g/mol. The van der Waals surface area contributed by atoms with Crippen LogP contribution in [0, 0.1) is 0 Å². The number of amides is 1. The van der Waals surface area contributed by atoms with Crippen LogP contribution in [0.2, 0.25) is 0 Å². The van der Waals surface area contributed by atoms with E-state index in [1.807, 2.05) is 55.6 Å². The quantitative estimate of drug-likeness (QED) is 0.287. The molecule has 1 amide bonds. The Morgan fingerprint density at radius 3 is 2.52 bits per heavy atom. The SMILES string of the molecule is CCn1c(SCCCC(=O)N(C)CCc2ccc(OC)c(OC)c2)nnc1-c1ccccc1. The summed E-state index contributed by atoms with van der Waals surface area (Å²) in [4.78, 5) is 14.3. The molecule has 0 saturated heterocycles. The lowest BCUT2D eigenvalue weighted by Crippen LogP contribution is -2.28. The van der Waals surface area contributed by atoms with Crippen LogP contribution >= 0.6 is 11.8 Å². The summed E-state index contributed by atoms with van der Waals surface area (Å²) in [6.07, 6.45) is 2.07. The summed E-state index contributed by atoms with van der Waals surface area (Å²) in [5.41, 5.74) is 2.17. The number of benzene rings is 2. The van der Waals surface area contributed by atoms with Gasteiger partial charge in [0.2, 0.25) is 5.91 Å². The fourth-order valence-corrected chi connectivity index (χ4v) is 4.46. The third-order valence-electron chi connectivity index (χ3n) is 5.44. The molecule has 1 heterocycles. The summed E-state index contributed by atoms with van der Waals surface area (Å²) in [5.74, 6) is 3.27. The van der Waals surface area contributed by atoms with Crippen LogP contribution in [0.3, 0.4) is 0 Å². The second-order valence-electron chi connectivity index (χ2n) is 7.62. The van der Waals surface area contributed by atoms with Crippen molar-refractivity contribution in [3.63, 3.8) is 0 Å². The Hall–Kier alpha value is -3.00. The zero-order valence-corrected chi connectivity index (χ0v) is 20.6. The molecule has 8 heteroatoms. The lowest BCUT2D eigenvalue weighted by atomic mass is 10.1. The van der Waals surface area contributed by atoms with Crippen molar-refractivity contribution in [2.75, 3.05) is 33.6 Å². The molecule has 0 aliphatic rings. The molecule has 0 fully saturated rings. The normalized spacial score (nSPS) is 10.8. The van der Waals surface area contributed by atoms with E-state index in [9.17, 15) is 4.79 Å². The van der Waals surface area contributed by atoms with Gasteiger partial charge >= 0.3 is 0 Å². The van der Waals surface area contributed by atoms with Crippen LogP contribution in [0.1, 0.15) is 25.3 Å². The van der Waals surface area contributed by atoms with E-state index in [1.165, 1.54) is 0 Å². The first kappa shape index (κ1) is 24.6. The molecular formula is C25H32N4O3S. The number of nitrogens with zero attached hydrogens (tertiary/aromatic N) is 4. The van der Waals surface area contributed by atoms with E-state index in [2.05, 4.69) is 21.7 Å². The van der Waals surface area contributed by atoms with Crippen molar-refractivity contribution in [2.24, 2.45) is 0 Å². The van der Waals surface area contributed by atoms with Crippen molar-refractivity contribution in [1.29, 1.82) is 0 Å². The number of likely N-dealkylation sites (N-methyl/N-ethyl adjacent to an activating group) is 1. The number of carbonyl (C=O) groups is 1. The van der Waals surface area contributed by atoms with Gasteiger partial charge in [-0.1, -0.05) is 48.2 Å². The molecule has 0 spiro atoms. The maximum absolute atomic E-state index is 12.6. The summed E-state index contributed by atoms with van der Waals surface area (Å²) in [6, 6.07) is 15.9. The number of hydrogen-bond donors (Lipinski definition) is 0. The molecule has 0 unspecified atom stereocenters. The summed E-state index contributed by atoms with van der Waals surface area (Å²) < 4.78 is 12.8. The van der Waals surface area contributed by atoms with Crippen molar-refractivity contribution in [1.82, 2.24) is 19.7 Å². The first-order valence-electron chi connectivity index (χ1n) is 11.1. The number of hydrogen-bond acceptors (Lipinski definition) is 6. The van der Waals surface area contributed by atoms with Crippen molar-refractivity contribution in [3.8, 4) is 22.9 Å². The number of aromatic nitrogens is 3. The van der Waals surface area contributed by atoms with Crippen molar-refractivity contribution in [2.45, 2.75) is 37.9 Å². The van der Waals surface area contributed by atoms with Gasteiger partial charge in [-0.25, -0.2) is 0 Å². The number of methoxy groups -OCH3 is 2. The van der Waals surface area contributed by atoms with Crippen LogP contribution in [0.4, 0.5) is 0 Å². The highest BCUT2D eigenvalue weighted by Crippen LogP contribution is 2.28. The minimum absolute atomic E-state index is 0.151. The number of ether oxygens (including phenoxy) is 2. The van der Waals surface area contributed by atoms with Crippen LogP contribution in [0.25, 0.3) is 11.4 Å². The molecule has 176 valence electrons. The van der Waals surface area contributed by atoms with Gasteiger partial charge < -0.3 is 18.9 Å². The Morgan fingerprint density at radius 1 is 1.06 bits per heavy atom. The summed E-state index contributed by atoms with van der Waals surface area (Å²) >= 11 is 1.65. The van der Waals surface area contributed by atoms with Crippen LogP contribution in [-0.2, 0) is 17.8 Å². The standard InChI is InChI=1S/C25H32N4O3S/c1-5-29-24(20-10-7-6-8-11-20)26-27-25(29)33-17-9-12-23(30)28(2)16-15-19-13-14-21(31-3)22(18-19)32-4/h6-8,10-11,13-14,18H,5,9,12,15-17H2,1-4H3. The Labute approximate surface area is 200 Å². The first-order valence-corrected chi connectivity index (χ1v) is 12.1. The Bertz CT molecular complexity index is 1040. The molecule has 0 saturated carbocycles. The lowest BCUT2D eigenvalue weighted by molar-refractivity contribution is -0.129. The predicted octanol–water partition coefficient (Wildman–Crippen LogP) is 4.56. The smallest absolute Gasteiger partial charge is 0.222 e. The van der Waals surface area contributed by atoms with Gasteiger partial charge in [0.05, 0.1) is 14.2 Å². The van der Waals surface area contributed by atoms with Gasteiger partial charge in [0.15, 0.2) is 22.5 Å². The zero-order chi connectivity index (χ0) is 23.6. The molecule has 3 rings (SSSR count). The molecule has 2 aromatic carbocycles.